The van der Waals surface area contributed by atoms with E-state index in [2.05, 4.69) is 4.98 Å². The molecule has 5 nitrogen and oxygen atoms in total. The summed E-state index contributed by atoms with van der Waals surface area (Å²) in [5.41, 5.74) is 1.26. The Morgan fingerprint density at radius 3 is 2.29 bits per heavy atom. The van der Waals surface area contributed by atoms with Crippen LogP contribution in [0.1, 0.15) is 45.2 Å². The van der Waals surface area contributed by atoms with E-state index in [0.717, 1.165) is 0 Å². The Bertz CT molecular complexity index is 1320. The predicted molar refractivity (Wildman–Crippen MR) is 129 cm³/mol. The molecular formula is C23H24Cl2F3N3O2S. The van der Waals surface area contributed by atoms with Crippen molar-refractivity contribution in [3.05, 3.63) is 52.4 Å². The first kappa shape index (κ1) is 25.3. The van der Waals surface area contributed by atoms with Crippen molar-refractivity contribution in [3.63, 3.8) is 0 Å². The number of nitrogens with zero attached hydrogens (tertiary/aromatic N) is 2. The van der Waals surface area contributed by atoms with Crippen LogP contribution < -0.4 is 4.72 Å². The SMILES string of the molecule is CC(C)(C)Cn1cc(C(NS(=O)(=O)C2CC2)C(F)(F)F)c2ccc(-c3c(Cl)cncc3Cl)cc21. The Morgan fingerprint density at radius 1 is 1.15 bits per heavy atom. The fourth-order valence-electron chi connectivity index (χ4n) is 3.98. The van der Waals surface area contributed by atoms with Gasteiger partial charge in [0.15, 0.2) is 0 Å². The first-order chi connectivity index (χ1) is 15.7. The standard InChI is InChI=1S/C23H24Cl2F3N3O2S/c1-22(2,3)12-31-11-16(21(23(26,27)28)30-34(32,33)14-5-6-14)15-7-4-13(8-19(15)31)20-17(24)9-29-10-18(20)25/h4,7-11,14,21,30H,5-6,12H2,1-3H3. The molecule has 0 aliphatic heterocycles. The molecule has 2 heterocycles. The number of hydrogen-bond acceptors (Lipinski definition) is 3. The summed E-state index contributed by atoms with van der Waals surface area (Å²) in [4.78, 5) is 3.95. The smallest absolute Gasteiger partial charge is 0.347 e. The fraction of sp³-hybridized carbons (Fsp3) is 0.435. The Balaban J connectivity index is 1.91. The van der Waals surface area contributed by atoms with E-state index in [1.165, 1.54) is 18.6 Å². The molecule has 1 aliphatic rings. The second-order valence-electron chi connectivity index (χ2n) is 9.82. The lowest BCUT2D eigenvalue weighted by Gasteiger charge is -2.22. The average Bonchev–Trinajstić information content (AvgIpc) is 3.50. The van der Waals surface area contributed by atoms with Crippen molar-refractivity contribution in [1.82, 2.24) is 14.3 Å². The summed E-state index contributed by atoms with van der Waals surface area (Å²) in [7, 11) is -4.10. The zero-order valence-corrected chi connectivity index (χ0v) is 21.1. The molecule has 1 aromatic carbocycles. The first-order valence-electron chi connectivity index (χ1n) is 10.7. The average molecular weight is 534 g/mol. The highest BCUT2D eigenvalue weighted by Gasteiger charge is 2.47. The molecule has 0 spiro atoms. The normalized spacial score (nSPS) is 16.2. The van der Waals surface area contributed by atoms with E-state index in [1.54, 1.807) is 22.8 Å². The van der Waals surface area contributed by atoms with Gasteiger partial charge in [-0.05, 0) is 29.9 Å². The van der Waals surface area contributed by atoms with Crippen LogP contribution in [0.4, 0.5) is 13.2 Å². The number of alkyl halides is 3. The zero-order valence-electron chi connectivity index (χ0n) is 18.7. The van der Waals surface area contributed by atoms with E-state index in [4.69, 9.17) is 23.2 Å². The van der Waals surface area contributed by atoms with Crippen LogP contribution >= 0.6 is 23.2 Å². The lowest BCUT2D eigenvalue weighted by atomic mass is 9.97. The van der Waals surface area contributed by atoms with E-state index in [1.807, 2.05) is 25.5 Å². The number of nitrogens with one attached hydrogen (secondary N) is 1. The molecule has 1 saturated carbocycles. The molecule has 0 radical (unpaired) electrons. The van der Waals surface area contributed by atoms with Gasteiger partial charge in [-0.15, -0.1) is 0 Å². The topological polar surface area (TPSA) is 64.0 Å². The number of hydrogen-bond donors (Lipinski definition) is 1. The molecule has 2 aromatic heterocycles. The third-order valence-electron chi connectivity index (χ3n) is 5.58. The highest BCUT2D eigenvalue weighted by Crippen LogP contribution is 2.42. The Hall–Kier alpha value is -1.81. The fourth-order valence-corrected chi connectivity index (χ4v) is 6.10. The summed E-state index contributed by atoms with van der Waals surface area (Å²) in [6, 6.07) is 2.54. The molecule has 1 fully saturated rings. The van der Waals surface area contributed by atoms with Gasteiger partial charge >= 0.3 is 6.18 Å². The molecule has 0 bridgehead atoms. The number of rotatable bonds is 6. The van der Waals surface area contributed by atoms with Crippen molar-refractivity contribution < 1.29 is 21.6 Å². The Morgan fingerprint density at radius 2 is 1.76 bits per heavy atom. The lowest BCUT2D eigenvalue weighted by Crippen LogP contribution is -2.39. The van der Waals surface area contributed by atoms with Gasteiger partial charge in [0.2, 0.25) is 10.0 Å². The van der Waals surface area contributed by atoms with E-state index < -0.39 is 27.5 Å². The number of fused-ring (bicyclic) bond motifs is 1. The van der Waals surface area contributed by atoms with Gasteiger partial charge in [0.25, 0.3) is 0 Å². The van der Waals surface area contributed by atoms with Crippen molar-refractivity contribution in [1.29, 1.82) is 0 Å². The minimum Gasteiger partial charge on any atom is -0.347 e. The van der Waals surface area contributed by atoms with Crippen LogP contribution in [-0.2, 0) is 16.6 Å². The molecule has 1 atom stereocenters. The monoisotopic (exact) mass is 533 g/mol. The molecule has 184 valence electrons. The van der Waals surface area contributed by atoms with E-state index in [0.29, 0.717) is 51.5 Å². The van der Waals surface area contributed by atoms with Gasteiger partial charge in [-0.2, -0.15) is 17.9 Å². The van der Waals surface area contributed by atoms with Crippen LogP contribution in [-0.4, -0.2) is 29.4 Å². The van der Waals surface area contributed by atoms with Crippen LogP contribution in [0.15, 0.2) is 36.8 Å². The van der Waals surface area contributed by atoms with Crippen LogP contribution in [0.5, 0.6) is 0 Å². The third kappa shape index (κ3) is 5.22. The number of pyridine rings is 1. The maximum absolute atomic E-state index is 14.2. The highest BCUT2D eigenvalue weighted by atomic mass is 35.5. The summed E-state index contributed by atoms with van der Waals surface area (Å²) in [5.74, 6) is 0. The van der Waals surface area contributed by atoms with E-state index >= 15 is 0 Å². The lowest BCUT2D eigenvalue weighted by molar-refractivity contribution is -0.152. The Labute approximate surface area is 206 Å². The molecule has 0 saturated heterocycles. The van der Waals surface area contributed by atoms with Crippen molar-refractivity contribution in [2.24, 2.45) is 5.41 Å². The highest BCUT2D eigenvalue weighted by molar-refractivity contribution is 7.90. The largest absolute Gasteiger partial charge is 0.408 e. The summed E-state index contributed by atoms with van der Waals surface area (Å²) < 4.78 is 71.1. The number of benzene rings is 1. The van der Waals surface area contributed by atoms with Gasteiger partial charge in [0, 0.05) is 47.2 Å². The summed E-state index contributed by atoms with van der Waals surface area (Å²) >= 11 is 12.6. The van der Waals surface area contributed by atoms with Crippen molar-refractivity contribution in [3.8, 4) is 11.1 Å². The predicted octanol–water partition coefficient (Wildman–Crippen LogP) is 6.74. The summed E-state index contributed by atoms with van der Waals surface area (Å²) in [5, 5.41) is 0.149. The molecule has 1 aliphatic carbocycles. The van der Waals surface area contributed by atoms with Gasteiger partial charge in [-0.1, -0.05) is 56.1 Å². The van der Waals surface area contributed by atoms with Gasteiger partial charge in [0.05, 0.1) is 15.3 Å². The molecule has 4 rings (SSSR count). The molecule has 0 amide bonds. The first-order valence-corrected chi connectivity index (χ1v) is 13.0. The van der Waals surface area contributed by atoms with Crippen molar-refractivity contribution >= 4 is 44.1 Å². The minimum atomic E-state index is -4.82. The van der Waals surface area contributed by atoms with Gasteiger partial charge < -0.3 is 4.57 Å². The van der Waals surface area contributed by atoms with Gasteiger partial charge in [-0.3, -0.25) is 4.98 Å². The van der Waals surface area contributed by atoms with Gasteiger partial charge in [0.1, 0.15) is 6.04 Å². The van der Waals surface area contributed by atoms with E-state index in [-0.39, 0.29) is 11.0 Å². The maximum atomic E-state index is 14.2. The molecule has 11 heteroatoms. The van der Waals surface area contributed by atoms with E-state index in [9.17, 15) is 21.6 Å². The van der Waals surface area contributed by atoms with Crippen LogP contribution in [0, 0.1) is 5.41 Å². The number of halogens is 5. The second kappa shape index (κ2) is 8.69. The maximum Gasteiger partial charge on any atom is 0.408 e. The number of aromatic nitrogens is 2. The van der Waals surface area contributed by atoms with Gasteiger partial charge in [-0.25, -0.2) is 8.42 Å². The van der Waals surface area contributed by atoms with Crippen LogP contribution in [0.25, 0.3) is 22.0 Å². The quantitative estimate of drug-likeness (QED) is 0.381. The molecule has 1 unspecified atom stereocenters. The molecule has 1 N–H and O–H groups in total. The van der Waals surface area contributed by atoms with Crippen molar-refractivity contribution in [2.45, 2.75) is 57.6 Å². The minimum absolute atomic E-state index is 0.144. The van der Waals surface area contributed by atoms with Crippen LogP contribution in [0.3, 0.4) is 0 Å². The molecule has 34 heavy (non-hydrogen) atoms. The summed E-state index contributed by atoms with van der Waals surface area (Å²) in [6.07, 6.45) is 0.186. The Kier molecular flexibility index (Phi) is 6.46. The third-order valence-corrected chi connectivity index (χ3v) is 8.07. The number of sulfonamides is 1. The zero-order chi connectivity index (χ0) is 25.1. The summed E-state index contributed by atoms with van der Waals surface area (Å²) in [6.45, 7) is 6.31. The van der Waals surface area contributed by atoms with Crippen LogP contribution in [0.2, 0.25) is 10.0 Å². The second-order valence-corrected chi connectivity index (χ2v) is 12.6. The molecule has 3 aromatic rings. The molecular weight excluding hydrogens is 510 g/mol. The van der Waals surface area contributed by atoms with Crippen molar-refractivity contribution in [2.75, 3.05) is 0 Å².